The second kappa shape index (κ2) is 4.92. The first-order valence-corrected chi connectivity index (χ1v) is 5.44. The fourth-order valence-corrected chi connectivity index (χ4v) is 1.56. The van der Waals surface area contributed by atoms with Crippen molar-refractivity contribution in [1.82, 2.24) is 9.97 Å². The molecule has 1 aromatic carbocycles. The predicted octanol–water partition coefficient (Wildman–Crippen LogP) is 2.73. The third-order valence-electron chi connectivity index (χ3n) is 1.92. The molecule has 0 radical (unpaired) electrons. The van der Waals surface area contributed by atoms with Crippen molar-refractivity contribution in [2.75, 3.05) is 0 Å². The zero-order valence-corrected chi connectivity index (χ0v) is 10.1. The Kier molecular flexibility index (Phi) is 3.34. The average Bonchev–Trinajstić information content (AvgIpc) is 2.32. The van der Waals surface area contributed by atoms with Gasteiger partial charge >= 0.3 is 12.0 Å². The van der Waals surface area contributed by atoms with Crippen LogP contribution in [0.25, 0.3) is 0 Å². The van der Waals surface area contributed by atoms with Crippen molar-refractivity contribution in [3.63, 3.8) is 0 Å². The van der Waals surface area contributed by atoms with Crippen molar-refractivity contribution >= 4 is 21.9 Å². The van der Waals surface area contributed by atoms with Crippen molar-refractivity contribution in [2.45, 2.75) is 0 Å². The van der Waals surface area contributed by atoms with E-state index >= 15 is 0 Å². The van der Waals surface area contributed by atoms with Crippen LogP contribution in [0.3, 0.4) is 0 Å². The summed E-state index contributed by atoms with van der Waals surface area (Å²) < 4.78 is 5.97. The Morgan fingerprint density at radius 1 is 1.29 bits per heavy atom. The summed E-state index contributed by atoms with van der Waals surface area (Å²) in [5.74, 6) is -0.871. The Bertz CT molecular complexity index is 546. The number of ether oxygens (including phenoxy) is 1. The summed E-state index contributed by atoms with van der Waals surface area (Å²) in [6.07, 6.45) is 3.03. The molecule has 0 aliphatic heterocycles. The molecule has 1 N–H and O–H groups in total. The molecule has 0 saturated heterocycles. The van der Waals surface area contributed by atoms with E-state index in [0.717, 1.165) is 0 Å². The molecule has 0 saturated carbocycles. The van der Waals surface area contributed by atoms with E-state index in [-0.39, 0.29) is 17.3 Å². The van der Waals surface area contributed by atoms with Crippen molar-refractivity contribution in [3.05, 3.63) is 46.7 Å². The van der Waals surface area contributed by atoms with Gasteiger partial charge in [-0.05, 0) is 24.3 Å². The summed E-state index contributed by atoms with van der Waals surface area (Å²) >= 11 is 3.20. The molecule has 0 aliphatic rings. The van der Waals surface area contributed by atoms with E-state index < -0.39 is 5.97 Å². The first-order chi connectivity index (χ1) is 8.16. The molecule has 0 bridgehead atoms. The molecule has 5 nitrogen and oxygen atoms in total. The molecular weight excluding hydrogens is 288 g/mol. The highest BCUT2D eigenvalue weighted by Crippen LogP contribution is 2.26. The summed E-state index contributed by atoms with van der Waals surface area (Å²) in [5.41, 5.74) is 0.0480. The van der Waals surface area contributed by atoms with Crippen molar-refractivity contribution in [2.24, 2.45) is 0 Å². The third-order valence-corrected chi connectivity index (χ3v) is 2.41. The number of halogens is 1. The van der Waals surface area contributed by atoms with Gasteiger partial charge < -0.3 is 9.84 Å². The summed E-state index contributed by atoms with van der Waals surface area (Å²) in [4.78, 5) is 18.7. The molecular formula is C11H7BrN2O3. The molecule has 2 rings (SSSR count). The monoisotopic (exact) mass is 294 g/mol. The van der Waals surface area contributed by atoms with Gasteiger partial charge in [0.2, 0.25) is 0 Å². The van der Waals surface area contributed by atoms with Gasteiger partial charge in [-0.1, -0.05) is 15.9 Å². The van der Waals surface area contributed by atoms with Crippen LogP contribution >= 0.6 is 15.9 Å². The number of hydrogen-bond donors (Lipinski definition) is 1. The normalized spacial score (nSPS) is 9.94. The van der Waals surface area contributed by atoms with Crippen LogP contribution < -0.4 is 4.74 Å². The standard InChI is InChI=1S/C11H7BrN2O3/c12-7-2-3-9(8(6-7)10(15)16)17-11-13-4-1-5-14-11/h1-6H,(H,15,16). The van der Waals surface area contributed by atoms with Crippen LogP contribution in [-0.2, 0) is 0 Å². The van der Waals surface area contributed by atoms with Gasteiger partial charge in [0.15, 0.2) is 0 Å². The second-order valence-corrected chi connectivity index (χ2v) is 3.99. The first-order valence-electron chi connectivity index (χ1n) is 4.64. The van der Waals surface area contributed by atoms with E-state index in [9.17, 15) is 4.79 Å². The molecule has 6 heteroatoms. The van der Waals surface area contributed by atoms with Gasteiger partial charge in [-0.2, -0.15) is 0 Å². The first kappa shape index (κ1) is 11.5. The lowest BCUT2D eigenvalue weighted by atomic mass is 10.2. The maximum absolute atomic E-state index is 11.0. The number of carbonyl (C=O) groups is 1. The number of carboxylic acid groups (broad SMARTS) is 1. The van der Waals surface area contributed by atoms with Gasteiger partial charge in [-0.3, -0.25) is 0 Å². The number of rotatable bonds is 3. The molecule has 17 heavy (non-hydrogen) atoms. The molecule has 2 aromatic rings. The molecule has 1 heterocycles. The van der Waals surface area contributed by atoms with Crippen LogP contribution in [0.1, 0.15) is 10.4 Å². The summed E-state index contributed by atoms with van der Waals surface area (Å²) in [6, 6.07) is 6.44. The van der Waals surface area contributed by atoms with Gasteiger partial charge in [0.1, 0.15) is 11.3 Å². The van der Waals surface area contributed by atoms with Crippen molar-refractivity contribution in [1.29, 1.82) is 0 Å². The van der Waals surface area contributed by atoms with E-state index in [2.05, 4.69) is 25.9 Å². The quantitative estimate of drug-likeness (QED) is 0.942. The van der Waals surface area contributed by atoms with Crippen LogP contribution in [0.5, 0.6) is 11.8 Å². The molecule has 0 spiro atoms. The SMILES string of the molecule is O=C(O)c1cc(Br)ccc1Oc1ncccn1. The van der Waals surface area contributed by atoms with E-state index in [0.29, 0.717) is 4.47 Å². The zero-order valence-electron chi connectivity index (χ0n) is 8.50. The van der Waals surface area contributed by atoms with E-state index in [1.54, 1.807) is 18.2 Å². The molecule has 0 atom stereocenters. The number of aromatic nitrogens is 2. The van der Waals surface area contributed by atoms with E-state index in [1.165, 1.54) is 18.5 Å². The topological polar surface area (TPSA) is 72.3 Å². The van der Waals surface area contributed by atoms with Gasteiger partial charge in [0.25, 0.3) is 0 Å². The predicted molar refractivity (Wildman–Crippen MR) is 63.2 cm³/mol. The van der Waals surface area contributed by atoms with Gasteiger partial charge in [-0.25, -0.2) is 14.8 Å². The lowest BCUT2D eigenvalue weighted by Crippen LogP contribution is -2.01. The third kappa shape index (κ3) is 2.79. The van der Waals surface area contributed by atoms with Crippen LogP contribution in [-0.4, -0.2) is 21.0 Å². The lowest BCUT2D eigenvalue weighted by Gasteiger charge is -2.06. The van der Waals surface area contributed by atoms with E-state index in [1.807, 2.05) is 0 Å². The minimum absolute atomic E-state index is 0.0480. The van der Waals surface area contributed by atoms with Gasteiger partial charge in [0.05, 0.1) is 0 Å². The number of carboxylic acids is 1. The highest BCUT2D eigenvalue weighted by Gasteiger charge is 2.13. The number of nitrogens with zero attached hydrogens (tertiary/aromatic N) is 2. The molecule has 0 aliphatic carbocycles. The minimum atomic E-state index is -1.07. The number of hydrogen-bond acceptors (Lipinski definition) is 4. The smallest absolute Gasteiger partial charge is 0.339 e. The summed E-state index contributed by atoms with van der Waals surface area (Å²) in [6.45, 7) is 0. The van der Waals surface area contributed by atoms with Gasteiger partial charge in [0, 0.05) is 16.9 Å². The van der Waals surface area contributed by atoms with Crippen LogP contribution in [0.4, 0.5) is 0 Å². The Hall–Kier alpha value is -1.95. The fraction of sp³-hybridized carbons (Fsp3) is 0. The van der Waals surface area contributed by atoms with Gasteiger partial charge in [-0.15, -0.1) is 0 Å². The minimum Gasteiger partial charge on any atom is -0.478 e. The summed E-state index contributed by atoms with van der Waals surface area (Å²) in [5, 5.41) is 9.03. The van der Waals surface area contributed by atoms with Crippen LogP contribution in [0, 0.1) is 0 Å². The summed E-state index contributed by atoms with van der Waals surface area (Å²) in [7, 11) is 0. The Labute approximate surface area is 105 Å². The van der Waals surface area contributed by atoms with E-state index in [4.69, 9.17) is 9.84 Å². The van der Waals surface area contributed by atoms with Crippen molar-refractivity contribution < 1.29 is 14.6 Å². The maximum atomic E-state index is 11.0. The van der Waals surface area contributed by atoms with Crippen LogP contribution in [0.15, 0.2) is 41.1 Å². The molecule has 0 fully saturated rings. The maximum Gasteiger partial charge on any atom is 0.339 e. The van der Waals surface area contributed by atoms with Crippen LogP contribution in [0.2, 0.25) is 0 Å². The number of benzene rings is 1. The molecule has 1 aromatic heterocycles. The zero-order chi connectivity index (χ0) is 12.3. The number of aromatic carboxylic acids is 1. The highest BCUT2D eigenvalue weighted by atomic mass is 79.9. The Morgan fingerprint density at radius 2 is 2.00 bits per heavy atom. The molecule has 86 valence electrons. The van der Waals surface area contributed by atoms with Crippen molar-refractivity contribution in [3.8, 4) is 11.8 Å². The Morgan fingerprint density at radius 3 is 2.65 bits per heavy atom. The average molecular weight is 295 g/mol. The molecule has 0 unspecified atom stereocenters. The largest absolute Gasteiger partial charge is 0.478 e. The molecule has 0 amide bonds. The highest BCUT2D eigenvalue weighted by molar-refractivity contribution is 9.10. The second-order valence-electron chi connectivity index (χ2n) is 3.08. The Balaban J connectivity index is 2.36. The fourth-order valence-electron chi connectivity index (χ4n) is 1.19. The lowest BCUT2D eigenvalue weighted by molar-refractivity contribution is 0.0694.